The Hall–Kier alpha value is -4.50. The second kappa shape index (κ2) is 12.1. The summed E-state index contributed by atoms with van der Waals surface area (Å²) in [5.74, 6) is -1.38. The predicted octanol–water partition coefficient (Wildman–Crippen LogP) is 5.86. The first-order valence-corrected chi connectivity index (χ1v) is 13.9. The molecule has 0 saturated carbocycles. The third-order valence-electron chi connectivity index (χ3n) is 6.89. The van der Waals surface area contributed by atoms with Crippen LogP contribution in [0.1, 0.15) is 57.5 Å². The molecule has 8 nitrogen and oxygen atoms in total. The van der Waals surface area contributed by atoms with Crippen molar-refractivity contribution in [3.8, 4) is 11.1 Å². The van der Waals surface area contributed by atoms with Crippen molar-refractivity contribution in [3.05, 3.63) is 112 Å². The lowest BCUT2D eigenvalue weighted by atomic mass is 9.98. The lowest BCUT2D eigenvalue weighted by Gasteiger charge is -2.21. The molecule has 4 aromatic rings. The highest BCUT2D eigenvalue weighted by Crippen LogP contribution is 2.44. The summed E-state index contributed by atoms with van der Waals surface area (Å²) in [6.07, 6.45) is -0.737. The van der Waals surface area contributed by atoms with Crippen LogP contribution in [0.15, 0.2) is 84.2 Å². The van der Waals surface area contributed by atoms with Crippen LogP contribution in [-0.2, 0) is 16.1 Å². The summed E-state index contributed by atoms with van der Waals surface area (Å²) in [5, 5.41) is 14.1. The summed E-state index contributed by atoms with van der Waals surface area (Å²) in [5.41, 5.74) is 5.69. The van der Waals surface area contributed by atoms with E-state index in [-0.39, 0.29) is 43.6 Å². The highest BCUT2D eigenvalue weighted by atomic mass is 32.1. The zero-order valence-corrected chi connectivity index (χ0v) is 22.8. The average Bonchev–Trinajstić information content (AvgIpc) is 3.58. The number of fused-ring (bicyclic) bond motifs is 3. The van der Waals surface area contributed by atoms with E-state index < -0.39 is 18.1 Å². The second-order valence-corrected chi connectivity index (χ2v) is 10.5. The summed E-state index contributed by atoms with van der Waals surface area (Å²) < 4.78 is 5.64. The lowest BCUT2D eigenvalue weighted by Crippen LogP contribution is -2.33. The monoisotopic (exact) mass is 555 g/mol. The molecule has 3 aromatic carbocycles. The maximum atomic E-state index is 13.2. The van der Waals surface area contributed by atoms with E-state index in [2.05, 4.69) is 34.6 Å². The van der Waals surface area contributed by atoms with Crippen LogP contribution in [0.2, 0.25) is 0 Å². The molecule has 0 fully saturated rings. The standard InChI is InChI=1S/C31H29N3O5S/c1-20(32-31(38)39-18-26-24-13-7-5-11-22(24)23-12-6-8-14-25(23)26)29-33-27(19-40-29)30(37)34(16-15-28(35)36)17-21-9-3-2-4-10-21/h2-14,19-20,26H,15-18H2,1H3,(H,32,38)(H,35,36). The average molecular weight is 556 g/mol. The number of ether oxygens (including phenoxy) is 1. The van der Waals surface area contributed by atoms with E-state index in [0.717, 1.165) is 27.8 Å². The smallest absolute Gasteiger partial charge is 0.407 e. The minimum atomic E-state index is -0.981. The molecule has 40 heavy (non-hydrogen) atoms. The minimum Gasteiger partial charge on any atom is -0.481 e. The van der Waals surface area contributed by atoms with Crippen molar-refractivity contribution in [1.82, 2.24) is 15.2 Å². The zero-order valence-electron chi connectivity index (χ0n) is 21.9. The van der Waals surface area contributed by atoms with Gasteiger partial charge >= 0.3 is 12.1 Å². The maximum Gasteiger partial charge on any atom is 0.407 e. The highest BCUT2D eigenvalue weighted by molar-refractivity contribution is 7.09. The number of aliphatic carboxylic acids is 1. The van der Waals surface area contributed by atoms with Gasteiger partial charge in [0.05, 0.1) is 12.5 Å². The van der Waals surface area contributed by atoms with Gasteiger partial charge in [0, 0.05) is 24.4 Å². The number of amides is 2. The molecular formula is C31H29N3O5S. The molecule has 5 rings (SSSR count). The number of benzene rings is 3. The van der Waals surface area contributed by atoms with Crippen molar-refractivity contribution >= 4 is 29.3 Å². The zero-order chi connectivity index (χ0) is 28.1. The molecule has 1 atom stereocenters. The molecule has 0 saturated heterocycles. The largest absolute Gasteiger partial charge is 0.481 e. The van der Waals surface area contributed by atoms with Crippen molar-refractivity contribution < 1.29 is 24.2 Å². The van der Waals surface area contributed by atoms with E-state index in [9.17, 15) is 14.4 Å². The summed E-state index contributed by atoms with van der Waals surface area (Å²) in [4.78, 5) is 43.1. The van der Waals surface area contributed by atoms with Crippen molar-refractivity contribution in [1.29, 1.82) is 0 Å². The van der Waals surface area contributed by atoms with Crippen LogP contribution in [0.5, 0.6) is 0 Å². The first-order chi connectivity index (χ1) is 19.4. The summed E-state index contributed by atoms with van der Waals surface area (Å²) in [6.45, 7) is 2.31. The lowest BCUT2D eigenvalue weighted by molar-refractivity contribution is -0.137. The predicted molar refractivity (Wildman–Crippen MR) is 152 cm³/mol. The van der Waals surface area contributed by atoms with E-state index in [0.29, 0.717) is 5.01 Å². The number of alkyl carbamates (subject to hydrolysis) is 1. The van der Waals surface area contributed by atoms with Crippen molar-refractivity contribution in [2.75, 3.05) is 13.2 Å². The van der Waals surface area contributed by atoms with Gasteiger partial charge in [-0.2, -0.15) is 0 Å². The van der Waals surface area contributed by atoms with E-state index in [1.165, 1.54) is 16.2 Å². The normalized spacial score (nSPS) is 12.7. The Morgan fingerprint density at radius 2 is 1.60 bits per heavy atom. The molecule has 1 unspecified atom stereocenters. The van der Waals surface area contributed by atoms with Crippen LogP contribution >= 0.6 is 11.3 Å². The minimum absolute atomic E-state index is 0.0426. The summed E-state index contributed by atoms with van der Waals surface area (Å²) in [6, 6.07) is 25.2. The van der Waals surface area contributed by atoms with E-state index in [1.54, 1.807) is 12.3 Å². The third-order valence-corrected chi connectivity index (χ3v) is 7.92. The fraction of sp³-hybridized carbons (Fsp3) is 0.226. The molecule has 1 aliphatic carbocycles. The van der Waals surface area contributed by atoms with Crippen LogP contribution in [0.4, 0.5) is 4.79 Å². The fourth-order valence-electron chi connectivity index (χ4n) is 4.91. The molecule has 1 aromatic heterocycles. The van der Waals surface area contributed by atoms with Gasteiger partial charge in [-0.1, -0.05) is 78.9 Å². The van der Waals surface area contributed by atoms with Crippen LogP contribution < -0.4 is 5.32 Å². The van der Waals surface area contributed by atoms with Gasteiger partial charge in [-0.15, -0.1) is 11.3 Å². The van der Waals surface area contributed by atoms with Crippen molar-refractivity contribution in [2.45, 2.75) is 31.8 Å². The van der Waals surface area contributed by atoms with Crippen LogP contribution in [0, 0.1) is 0 Å². The number of aromatic nitrogens is 1. The Bertz CT molecular complexity index is 1470. The summed E-state index contributed by atoms with van der Waals surface area (Å²) >= 11 is 1.26. The third kappa shape index (κ3) is 6.05. The Balaban J connectivity index is 1.21. The molecular weight excluding hydrogens is 526 g/mol. The Labute approximate surface area is 236 Å². The summed E-state index contributed by atoms with van der Waals surface area (Å²) in [7, 11) is 0. The molecule has 1 aliphatic rings. The molecule has 9 heteroatoms. The fourth-order valence-corrected chi connectivity index (χ4v) is 5.71. The number of carboxylic acids is 1. The number of nitrogens with one attached hydrogen (secondary N) is 1. The van der Waals surface area contributed by atoms with Crippen LogP contribution in [0.25, 0.3) is 11.1 Å². The Kier molecular flexibility index (Phi) is 8.21. The quantitative estimate of drug-likeness (QED) is 0.254. The van der Waals surface area contributed by atoms with Gasteiger partial charge in [0.2, 0.25) is 0 Å². The molecule has 2 amide bonds. The number of carboxylic acid groups (broad SMARTS) is 1. The number of thiazole rings is 1. The van der Waals surface area contributed by atoms with Gasteiger partial charge in [-0.3, -0.25) is 9.59 Å². The first kappa shape index (κ1) is 27.1. The molecule has 2 N–H and O–H groups in total. The van der Waals surface area contributed by atoms with Crippen LogP contribution in [0.3, 0.4) is 0 Å². The van der Waals surface area contributed by atoms with Crippen molar-refractivity contribution in [3.63, 3.8) is 0 Å². The molecule has 1 heterocycles. The van der Waals surface area contributed by atoms with E-state index in [1.807, 2.05) is 54.6 Å². The Morgan fingerprint density at radius 3 is 2.25 bits per heavy atom. The van der Waals surface area contributed by atoms with Gasteiger partial charge in [0.15, 0.2) is 0 Å². The van der Waals surface area contributed by atoms with Gasteiger partial charge in [0.1, 0.15) is 17.3 Å². The number of nitrogens with zero attached hydrogens (tertiary/aromatic N) is 2. The molecule has 204 valence electrons. The highest BCUT2D eigenvalue weighted by Gasteiger charge is 2.29. The van der Waals surface area contributed by atoms with Gasteiger partial charge < -0.3 is 20.1 Å². The SMILES string of the molecule is CC(NC(=O)OCC1c2ccccc2-c2ccccc21)c1nc(C(=O)N(CCC(=O)O)Cc2ccccc2)cs1. The topological polar surface area (TPSA) is 109 Å². The number of carbonyl (C=O) groups excluding carboxylic acids is 2. The molecule has 0 bridgehead atoms. The number of hydrogen-bond acceptors (Lipinski definition) is 6. The Morgan fingerprint density at radius 1 is 0.975 bits per heavy atom. The number of hydrogen-bond donors (Lipinski definition) is 2. The maximum absolute atomic E-state index is 13.2. The first-order valence-electron chi connectivity index (χ1n) is 13.0. The second-order valence-electron chi connectivity index (χ2n) is 9.62. The van der Waals surface area contributed by atoms with Gasteiger partial charge in [0.25, 0.3) is 5.91 Å². The van der Waals surface area contributed by atoms with Crippen LogP contribution in [-0.4, -0.2) is 46.1 Å². The van der Waals surface area contributed by atoms with Gasteiger partial charge in [-0.25, -0.2) is 9.78 Å². The number of rotatable bonds is 10. The molecule has 0 spiro atoms. The van der Waals surface area contributed by atoms with Gasteiger partial charge in [-0.05, 0) is 34.7 Å². The van der Waals surface area contributed by atoms with Crippen molar-refractivity contribution in [2.24, 2.45) is 0 Å². The van der Waals surface area contributed by atoms with E-state index >= 15 is 0 Å². The number of carbonyl (C=O) groups is 3. The van der Waals surface area contributed by atoms with E-state index in [4.69, 9.17) is 9.84 Å². The molecule has 0 aliphatic heterocycles. The molecule has 0 radical (unpaired) electrons.